The van der Waals surface area contributed by atoms with E-state index in [1.165, 1.54) is 0 Å². The van der Waals surface area contributed by atoms with Gasteiger partial charge in [0.2, 0.25) is 11.8 Å². The van der Waals surface area contributed by atoms with E-state index in [-0.39, 0.29) is 17.4 Å². The van der Waals surface area contributed by atoms with Crippen LogP contribution in [0.15, 0.2) is 4.42 Å². The molecule has 1 spiro atoms. The molecule has 3 atom stereocenters. The molecule has 0 aromatic carbocycles. The van der Waals surface area contributed by atoms with Gasteiger partial charge in [-0.1, -0.05) is 0 Å². The molecule has 142 valence electrons. The molecule has 4 aliphatic rings. The van der Waals surface area contributed by atoms with Crippen molar-refractivity contribution in [1.29, 1.82) is 0 Å². The van der Waals surface area contributed by atoms with Crippen molar-refractivity contribution in [3.63, 3.8) is 0 Å². The molecular formula is C15H20N4O6S. The van der Waals surface area contributed by atoms with E-state index in [1.807, 2.05) is 0 Å². The summed E-state index contributed by atoms with van der Waals surface area (Å²) in [6, 6.07) is -0.332. The van der Waals surface area contributed by atoms with E-state index >= 15 is 0 Å². The molecule has 1 aromatic rings. The van der Waals surface area contributed by atoms with Crippen LogP contribution in [0.2, 0.25) is 0 Å². The maximum absolute atomic E-state index is 12.7. The number of nitrogens with zero attached hydrogens (tertiary/aromatic N) is 3. The fraction of sp³-hybridized carbons (Fsp3) is 0.800. The van der Waals surface area contributed by atoms with Crippen LogP contribution in [-0.4, -0.2) is 53.3 Å². The Morgan fingerprint density at radius 2 is 2.08 bits per heavy atom. The van der Waals surface area contributed by atoms with E-state index in [0.29, 0.717) is 30.5 Å². The SMILES string of the molecule is O=C1C2C[C@@H](N1OS(=O)(=O)O)C1(CC1)C[C@H]2c1nnc(CC2CNC2)o1. The predicted molar refractivity (Wildman–Crippen MR) is 84.8 cm³/mol. The predicted octanol–water partition coefficient (Wildman–Crippen LogP) is 0.0505. The number of hydrogen-bond acceptors (Lipinski definition) is 8. The zero-order valence-corrected chi connectivity index (χ0v) is 14.8. The maximum Gasteiger partial charge on any atom is 0.418 e. The van der Waals surface area contributed by atoms with Gasteiger partial charge in [0.1, 0.15) is 0 Å². The van der Waals surface area contributed by atoms with Crippen molar-refractivity contribution in [3.8, 4) is 0 Å². The third-order valence-electron chi connectivity index (χ3n) is 6.31. The second kappa shape index (κ2) is 5.47. The van der Waals surface area contributed by atoms with Gasteiger partial charge in [-0.25, -0.2) is 0 Å². The van der Waals surface area contributed by atoms with Gasteiger partial charge in [0.05, 0.1) is 12.0 Å². The van der Waals surface area contributed by atoms with Gasteiger partial charge in [0.25, 0.3) is 5.91 Å². The van der Waals surface area contributed by atoms with E-state index in [1.54, 1.807) is 0 Å². The number of carbonyl (C=O) groups excluding carboxylic acids is 1. The molecule has 5 rings (SSSR count). The molecule has 11 heteroatoms. The molecule has 2 aliphatic carbocycles. The van der Waals surface area contributed by atoms with Crippen molar-refractivity contribution in [1.82, 2.24) is 20.6 Å². The van der Waals surface area contributed by atoms with Crippen LogP contribution in [0.1, 0.15) is 43.4 Å². The lowest BCUT2D eigenvalue weighted by Gasteiger charge is -2.33. The molecule has 2 aliphatic heterocycles. The molecule has 26 heavy (non-hydrogen) atoms. The highest BCUT2D eigenvalue weighted by Gasteiger charge is 2.65. The molecule has 1 unspecified atom stereocenters. The summed E-state index contributed by atoms with van der Waals surface area (Å²) < 4.78 is 41.8. The molecule has 2 bridgehead atoms. The molecule has 2 saturated heterocycles. The summed E-state index contributed by atoms with van der Waals surface area (Å²) in [6.07, 6.45) is 3.65. The van der Waals surface area contributed by atoms with Gasteiger partial charge in [0.15, 0.2) is 0 Å². The van der Waals surface area contributed by atoms with Crippen LogP contribution in [0.4, 0.5) is 0 Å². The van der Waals surface area contributed by atoms with Gasteiger partial charge < -0.3 is 9.73 Å². The Hall–Kier alpha value is -1.56. The minimum atomic E-state index is -4.74. The van der Waals surface area contributed by atoms with Crippen LogP contribution < -0.4 is 5.32 Å². The van der Waals surface area contributed by atoms with Crippen LogP contribution in [0.5, 0.6) is 0 Å². The first kappa shape index (κ1) is 16.6. The van der Waals surface area contributed by atoms with Crippen molar-refractivity contribution in [2.45, 2.75) is 44.1 Å². The molecule has 1 amide bonds. The average molecular weight is 384 g/mol. The lowest BCUT2D eigenvalue weighted by atomic mass is 9.72. The van der Waals surface area contributed by atoms with Crippen molar-refractivity contribution < 1.29 is 26.5 Å². The molecule has 4 fully saturated rings. The first-order valence-electron chi connectivity index (χ1n) is 8.88. The highest BCUT2D eigenvalue weighted by atomic mass is 32.3. The van der Waals surface area contributed by atoms with Crippen LogP contribution in [0, 0.1) is 17.3 Å². The second-order valence-electron chi connectivity index (χ2n) is 7.96. The number of hydrogen-bond donors (Lipinski definition) is 2. The van der Waals surface area contributed by atoms with E-state index in [0.717, 1.165) is 37.4 Å². The number of rotatable bonds is 5. The highest BCUT2D eigenvalue weighted by Crippen LogP contribution is 2.65. The number of hydroxylamine groups is 2. The summed E-state index contributed by atoms with van der Waals surface area (Å²) in [4.78, 5) is 12.7. The lowest BCUT2D eigenvalue weighted by Crippen LogP contribution is -2.43. The summed E-state index contributed by atoms with van der Waals surface area (Å²) in [5.74, 6) is 0.382. The van der Waals surface area contributed by atoms with Gasteiger partial charge in [-0.15, -0.1) is 14.5 Å². The summed E-state index contributed by atoms with van der Waals surface area (Å²) in [6.45, 7) is 1.88. The smallest absolute Gasteiger partial charge is 0.418 e. The third kappa shape index (κ3) is 2.65. The fourth-order valence-corrected chi connectivity index (χ4v) is 5.07. The normalized spacial score (nSPS) is 32.9. The van der Waals surface area contributed by atoms with Crippen LogP contribution in [-0.2, 0) is 25.9 Å². The van der Waals surface area contributed by atoms with Crippen LogP contribution in [0.25, 0.3) is 0 Å². The standard InChI is InChI=1S/C15H20N4O6S/c20-14-9-4-11(19(14)25-26(21,22)23)15(1-2-15)5-10(9)13-18-17-12(24-13)3-8-6-16-7-8/h8-11,16H,1-7H2,(H,21,22,23)/t9?,10-,11-/m1/s1. The zero-order valence-electron chi connectivity index (χ0n) is 14.0. The summed E-state index contributed by atoms with van der Waals surface area (Å²) >= 11 is 0. The number of amides is 1. The van der Waals surface area contributed by atoms with Gasteiger partial charge >= 0.3 is 10.4 Å². The van der Waals surface area contributed by atoms with Crippen molar-refractivity contribution in [2.24, 2.45) is 17.3 Å². The quantitative estimate of drug-likeness (QED) is 0.675. The van der Waals surface area contributed by atoms with Gasteiger partial charge in [-0.3, -0.25) is 9.35 Å². The molecule has 2 saturated carbocycles. The Labute approximate surface area is 150 Å². The molecule has 10 nitrogen and oxygen atoms in total. The van der Waals surface area contributed by atoms with Crippen molar-refractivity contribution in [3.05, 3.63) is 11.8 Å². The van der Waals surface area contributed by atoms with E-state index in [2.05, 4.69) is 19.8 Å². The Balaban J connectivity index is 1.40. The van der Waals surface area contributed by atoms with Gasteiger partial charge in [-0.2, -0.15) is 13.5 Å². The first-order valence-corrected chi connectivity index (χ1v) is 10.2. The monoisotopic (exact) mass is 384 g/mol. The van der Waals surface area contributed by atoms with Gasteiger partial charge in [-0.05, 0) is 50.1 Å². The van der Waals surface area contributed by atoms with E-state index in [4.69, 9.17) is 8.97 Å². The second-order valence-corrected chi connectivity index (χ2v) is 8.96. The lowest BCUT2D eigenvalue weighted by molar-refractivity contribution is -0.161. The molecule has 2 N–H and O–H groups in total. The summed E-state index contributed by atoms with van der Waals surface area (Å²) in [5, 5.41) is 12.4. The first-order chi connectivity index (χ1) is 12.3. The minimum Gasteiger partial charge on any atom is -0.425 e. The topological polar surface area (TPSA) is 135 Å². The number of carbonyl (C=O) groups is 1. The van der Waals surface area contributed by atoms with Crippen molar-refractivity contribution in [2.75, 3.05) is 13.1 Å². The third-order valence-corrected chi connectivity index (χ3v) is 6.66. The minimum absolute atomic E-state index is 0.190. The number of aromatic nitrogens is 2. The summed E-state index contributed by atoms with van der Waals surface area (Å²) in [5.41, 5.74) is -0.190. The average Bonchev–Trinajstić information content (AvgIpc) is 3.03. The fourth-order valence-electron chi connectivity index (χ4n) is 4.69. The number of fused-ring (bicyclic) bond motifs is 3. The molecular weight excluding hydrogens is 364 g/mol. The Bertz CT molecular complexity index is 846. The molecule has 3 heterocycles. The maximum atomic E-state index is 12.7. The Morgan fingerprint density at radius 3 is 2.69 bits per heavy atom. The number of nitrogens with one attached hydrogen (secondary N) is 1. The largest absolute Gasteiger partial charge is 0.425 e. The van der Waals surface area contributed by atoms with Gasteiger partial charge in [0, 0.05) is 12.3 Å². The highest BCUT2D eigenvalue weighted by molar-refractivity contribution is 7.80. The Kier molecular flexibility index (Phi) is 3.49. The molecule has 0 radical (unpaired) electrons. The Morgan fingerprint density at radius 1 is 1.31 bits per heavy atom. The van der Waals surface area contributed by atoms with E-state index in [9.17, 15) is 13.2 Å². The molecule has 1 aromatic heterocycles. The summed E-state index contributed by atoms with van der Waals surface area (Å²) in [7, 11) is -4.74. The van der Waals surface area contributed by atoms with Crippen LogP contribution >= 0.6 is 0 Å². The zero-order chi connectivity index (χ0) is 18.1. The van der Waals surface area contributed by atoms with Crippen LogP contribution in [0.3, 0.4) is 0 Å². The van der Waals surface area contributed by atoms with E-state index < -0.39 is 22.2 Å². The van der Waals surface area contributed by atoms with Crippen molar-refractivity contribution >= 4 is 16.3 Å².